The maximum Gasteiger partial charge on any atom is 0.324 e. The van der Waals surface area contributed by atoms with Crippen molar-refractivity contribution in [1.82, 2.24) is 0 Å². The van der Waals surface area contributed by atoms with Crippen LogP contribution in [0.2, 0.25) is 0 Å². The number of hydrogen-bond acceptors (Lipinski definition) is 4. The van der Waals surface area contributed by atoms with E-state index in [-0.39, 0.29) is 18.9 Å². The minimum atomic E-state index is -3.31. The number of ketones is 1. The molecule has 0 aromatic carbocycles. The number of amides is 1. The Morgan fingerprint density at radius 2 is 1.28 bits per heavy atom. The summed E-state index contributed by atoms with van der Waals surface area (Å²) < 4.78 is 49.2. The molecule has 0 heterocycles. The van der Waals surface area contributed by atoms with Gasteiger partial charge in [0.1, 0.15) is 12.4 Å². The molecule has 0 bridgehead atoms. The molecule has 0 spiro atoms. The van der Waals surface area contributed by atoms with Gasteiger partial charge < -0.3 is 20.7 Å². The molecule has 11 heteroatoms. The van der Waals surface area contributed by atoms with Gasteiger partial charge in [0.25, 0.3) is 11.8 Å². The predicted octanol–water partition coefficient (Wildman–Crippen LogP) is 9.27. The molecule has 1 unspecified atom stereocenters. The number of aliphatic hydroxyl groups is 2. The number of unbranched alkanes of at least 4 members (excludes halogenated alkanes) is 2. The first-order chi connectivity index (χ1) is 18.0. The third-order valence-electron chi connectivity index (χ3n) is 4.01. The Morgan fingerprint density at radius 3 is 1.38 bits per heavy atom. The highest BCUT2D eigenvalue weighted by atomic mass is 127. The van der Waals surface area contributed by atoms with Gasteiger partial charge in [-0.25, -0.2) is 8.78 Å². The molecular formula is C28H59BrF4INO4. The summed E-state index contributed by atoms with van der Waals surface area (Å²) >= 11 is 5.60. The van der Waals surface area contributed by atoms with E-state index in [1.165, 1.54) is 23.7 Å². The first kappa shape index (κ1) is 51.7. The Bertz CT molecular complexity index is 482. The number of primary amides is 1. The lowest BCUT2D eigenvalue weighted by molar-refractivity contribution is -0.142. The minimum Gasteiger partial charge on any atom is -0.393 e. The lowest BCUT2D eigenvalue weighted by Gasteiger charge is -2.09. The number of carbonyl (C=O) groups is 2. The summed E-state index contributed by atoms with van der Waals surface area (Å²) in [5, 5.41) is 17.8. The molecule has 0 aliphatic heterocycles. The summed E-state index contributed by atoms with van der Waals surface area (Å²) in [5.74, 6) is -7.39. The number of nitrogens with two attached hydrogens (primary N) is 1. The fourth-order valence-corrected chi connectivity index (χ4v) is 1.81. The zero-order chi connectivity index (χ0) is 32.3. The first-order valence-electron chi connectivity index (χ1n) is 14.0. The molecular weight excluding hydrogens is 697 g/mol. The van der Waals surface area contributed by atoms with E-state index in [1.807, 2.05) is 6.92 Å². The van der Waals surface area contributed by atoms with Crippen molar-refractivity contribution >= 4 is 50.2 Å². The van der Waals surface area contributed by atoms with Crippen molar-refractivity contribution in [2.24, 2.45) is 5.73 Å². The molecule has 5 nitrogen and oxygen atoms in total. The van der Waals surface area contributed by atoms with Crippen LogP contribution >= 0.6 is 38.5 Å². The van der Waals surface area contributed by atoms with E-state index in [1.54, 1.807) is 20.8 Å². The van der Waals surface area contributed by atoms with Crippen molar-refractivity contribution in [3.63, 3.8) is 0 Å². The third-order valence-corrected chi connectivity index (χ3v) is 5.88. The molecule has 0 saturated carbocycles. The monoisotopic (exact) mass is 755 g/mol. The van der Waals surface area contributed by atoms with Crippen LogP contribution in [0.4, 0.5) is 17.6 Å². The molecule has 0 aromatic rings. The molecule has 0 aromatic heterocycles. The van der Waals surface area contributed by atoms with E-state index in [0.717, 1.165) is 37.4 Å². The van der Waals surface area contributed by atoms with Crippen molar-refractivity contribution in [2.45, 2.75) is 150 Å². The highest BCUT2D eigenvalue weighted by Gasteiger charge is 2.34. The van der Waals surface area contributed by atoms with Gasteiger partial charge in [-0.1, -0.05) is 106 Å². The minimum absolute atomic E-state index is 0.0973. The van der Waals surface area contributed by atoms with Gasteiger partial charge in [-0.3, -0.25) is 4.79 Å². The molecule has 0 radical (unpaired) electrons. The van der Waals surface area contributed by atoms with Crippen molar-refractivity contribution in [2.75, 3.05) is 16.4 Å². The van der Waals surface area contributed by atoms with E-state index in [4.69, 9.17) is 10.2 Å². The average molecular weight is 757 g/mol. The van der Waals surface area contributed by atoms with E-state index in [2.05, 4.69) is 71.9 Å². The Morgan fingerprint density at radius 1 is 0.872 bits per heavy atom. The van der Waals surface area contributed by atoms with Crippen molar-refractivity contribution in [3.8, 4) is 0 Å². The van der Waals surface area contributed by atoms with Crippen molar-refractivity contribution in [3.05, 3.63) is 0 Å². The summed E-state index contributed by atoms with van der Waals surface area (Å²) in [6, 6.07) is 0. The molecule has 39 heavy (non-hydrogen) atoms. The van der Waals surface area contributed by atoms with Crippen LogP contribution in [-0.4, -0.2) is 56.2 Å². The van der Waals surface area contributed by atoms with Crippen LogP contribution in [-0.2, 0) is 9.59 Å². The number of carbonyl (C=O) groups excluding carboxylic acids is 2. The smallest absolute Gasteiger partial charge is 0.324 e. The lowest BCUT2D eigenvalue weighted by atomic mass is 10.2. The van der Waals surface area contributed by atoms with Gasteiger partial charge in [0, 0.05) is 24.6 Å². The van der Waals surface area contributed by atoms with Gasteiger partial charge in [0.15, 0.2) is 0 Å². The number of halogens is 6. The van der Waals surface area contributed by atoms with Crippen molar-refractivity contribution in [1.29, 1.82) is 0 Å². The second-order valence-corrected chi connectivity index (χ2v) is 10.6. The van der Waals surface area contributed by atoms with Gasteiger partial charge in [-0.15, -0.1) is 0 Å². The van der Waals surface area contributed by atoms with E-state index in [9.17, 15) is 27.2 Å². The molecule has 0 aliphatic carbocycles. The van der Waals surface area contributed by atoms with Gasteiger partial charge >= 0.3 is 5.92 Å². The number of aliphatic hydroxyl groups excluding tert-OH is 2. The van der Waals surface area contributed by atoms with Crippen LogP contribution in [0.25, 0.3) is 0 Å². The second-order valence-electron chi connectivity index (χ2n) is 8.76. The quantitative estimate of drug-likeness (QED) is 0.0935. The van der Waals surface area contributed by atoms with Gasteiger partial charge in [0.05, 0.1) is 6.10 Å². The maximum absolute atomic E-state index is 12.1. The highest BCUT2D eigenvalue weighted by molar-refractivity contribution is 14.1. The summed E-state index contributed by atoms with van der Waals surface area (Å²) in [7, 11) is 0. The summed E-state index contributed by atoms with van der Waals surface area (Å²) in [5.41, 5.74) is 4.37. The first-order valence-corrected chi connectivity index (χ1v) is 16.6. The fourth-order valence-electron chi connectivity index (χ4n) is 1.81. The molecule has 1 atom stereocenters. The topological polar surface area (TPSA) is 101 Å². The lowest BCUT2D eigenvalue weighted by Crippen LogP contribution is -2.34. The van der Waals surface area contributed by atoms with Crippen LogP contribution in [0, 0.1) is 0 Å². The largest absolute Gasteiger partial charge is 0.393 e. The summed E-state index contributed by atoms with van der Waals surface area (Å²) in [6.45, 7) is 14.2. The summed E-state index contributed by atoms with van der Waals surface area (Å²) in [4.78, 5) is 20.1. The number of hydrogen-bond donors (Lipinski definition) is 3. The molecule has 0 fully saturated rings. The third kappa shape index (κ3) is 67.6. The Kier molecular flexibility index (Phi) is 53.2. The molecule has 0 rings (SSSR count). The van der Waals surface area contributed by atoms with E-state index in [0.29, 0.717) is 12.2 Å². The van der Waals surface area contributed by atoms with Crippen molar-refractivity contribution < 1.29 is 37.4 Å². The molecule has 242 valence electrons. The number of Topliss-reactive ketones (excluding diaryl/α,β-unsaturated/α-hetero) is 1. The van der Waals surface area contributed by atoms with E-state index < -0.39 is 30.8 Å². The Labute approximate surface area is 259 Å². The number of alkyl halides is 6. The zero-order valence-electron chi connectivity index (χ0n) is 25.7. The van der Waals surface area contributed by atoms with Gasteiger partial charge in [0.2, 0.25) is 0 Å². The summed E-state index contributed by atoms with van der Waals surface area (Å²) in [6.07, 6.45) is 8.67. The zero-order valence-corrected chi connectivity index (χ0v) is 29.5. The highest BCUT2D eigenvalue weighted by Crippen LogP contribution is 2.19. The average Bonchev–Trinajstić information content (AvgIpc) is 2.87. The predicted molar refractivity (Wildman–Crippen MR) is 171 cm³/mol. The second kappa shape index (κ2) is 40.1. The van der Waals surface area contributed by atoms with Crippen LogP contribution in [0.3, 0.4) is 0 Å². The normalized spacial score (nSPS) is 10.8. The van der Waals surface area contributed by atoms with Crippen LogP contribution < -0.4 is 5.73 Å². The maximum atomic E-state index is 12.1. The Hall–Kier alpha value is -0.0100. The van der Waals surface area contributed by atoms with Crippen LogP contribution in [0.1, 0.15) is 132 Å². The Balaban J connectivity index is -0.0000000857. The standard InChI is InChI=1S/C6H14O.C6H12O.C5H9F2NO.C5H10F2O.C3H7Br.C3H7I/c2*1-3-4-5-6(2)7;1-2-3-5(6,7)4(8)9;1-2-3-5(6,7)4-8;2*1-2-3-4/h6-7H,3-5H2,1-2H3;3-5H2,1-2H3;2-3H2,1H3,(H2,8,9);8H,2-4H2,1H3;2*2-3H2,1H3. The van der Waals surface area contributed by atoms with Crippen LogP contribution in [0.15, 0.2) is 0 Å². The number of rotatable bonds is 14. The SMILES string of the molecule is CCCBr.CCCC(F)(F)C(N)=O.CCCC(F)(F)CO.CCCCC(C)=O.CCCCC(C)O.CCCI. The van der Waals surface area contributed by atoms with Gasteiger partial charge in [-0.2, -0.15) is 8.78 Å². The molecule has 4 N–H and O–H groups in total. The molecule has 0 saturated heterocycles. The van der Waals surface area contributed by atoms with Crippen LogP contribution in [0.5, 0.6) is 0 Å². The fraction of sp³-hybridized carbons (Fsp3) is 0.929. The molecule has 1 amide bonds. The van der Waals surface area contributed by atoms with Gasteiger partial charge in [-0.05, 0) is 50.4 Å². The van der Waals surface area contributed by atoms with E-state index >= 15 is 0 Å². The molecule has 0 aliphatic rings.